The largest absolute Gasteiger partial charge is 0.308 e. The van der Waals surface area contributed by atoms with Gasteiger partial charge in [0.2, 0.25) is 0 Å². The molecule has 2 rings (SSSR count). The molecule has 1 aromatic carbocycles. The summed E-state index contributed by atoms with van der Waals surface area (Å²) in [7, 11) is 0. The van der Waals surface area contributed by atoms with Crippen LogP contribution in [0.5, 0.6) is 0 Å². The summed E-state index contributed by atoms with van der Waals surface area (Å²) in [6, 6.07) is 6.05. The first-order valence-electron chi connectivity index (χ1n) is 5.85. The smallest absolute Gasteiger partial charge is 0.170 e. The van der Waals surface area contributed by atoms with Crippen LogP contribution in [0.3, 0.4) is 0 Å². The van der Waals surface area contributed by atoms with Crippen molar-refractivity contribution in [1.82, 2.24) is 25.5 Å². The number of nitrogens with one attached hydrogen (secondary N) is 1. The fourth-order valence-electron chi connectivity index (χ4n) is 1.65. The van der Waals surface area contributed by atoms with Gasteiger partial charge in [-0.1, -0.05) is 25.4 Å². The highest BCUT2D eigenvalue weighted by molar-refractivity contribution is 6.30. The fourth-order valence-corrected chi connectivity index (χ4v) is 1.88. The molecule has 0 aliphatic carbocycles. The third-order valence-electron chi connectivity index (χ3n) is 2.59. The molecule has 5 nitrogen and oxygen atoms in total. The summed E-state index contributed by atoms with van der Waals surface area (Å²) in [6.07, 6.45) is 0. The molecule has 0 saturated carbocycles. The van der Waals surface area contributed by atoms with Crippen LogP contribution in [0.2, 0.25) is 5.02 Å². The topological polar surface area (TPSA) is 55.6 Å². The molecule has 6 heteroatoms. The molecule has 18 heavy (non-hydrogen) atoms. The second-order valence-corrected chi connectivity index (χ2v) is 4.91. The number of aromatic nitrogens is 4. The molecule has 0 atom stereocenters. The van der Waals surface area contributed by atoms with Gasteiger partial charge in [0.1, 0.15) is 0 Å². The van der Waals surface area contributed by atoms with Gasteiger partial charge in [-0.15, -0.1) is 5.10 Å². The zero-order chi connectivity index (χ0) is 13.1. The molecule has 0 bridgehead atoms. The minimum absolute atomic E-state index is 0.390. The van der Waals surface area contributed by atoms with Crippen molar-refractivity contribution in [3.8, 4) is 5.69 Å². The lowest BCUT2D eigenvalue weighted by molar-refractivity contribution is 0.563. The van der Waals surface area contributed by atoms with Crippen LogP contribution in [0, 0.1) is 6.92 Å². The molecular weight excluding hydrogens is 250 g/mol. The number of nitrogens with zero attached hydrogens (tertiary/aromatic N) is 4. The number of rotatable bonds is 4. The van der Waals surface area contributed by atoms with Crippen LogP contribution >= 0.6 is 11.6 Å². The summed E-state index contributed by atoms with van der Waals surface area (Å²) in [5.74, 6) is 0.786. The Kier molecular flexibility index (Phi) is 3.93. The first-order valence-corrected chi connectivity index (χ1v) is 6.23. The molecule has 0 aliphatic rings. The normalized spacial score (nSPS) is 11.2. The molecule has 0 aliphatic heterocycles. The minimum Gasteiger partial charge on any atom is -0.308 e. The highest BCUT2D eigenvalue weighted by Gasteiger charge is 2.10. The Morgan fingerprint density at radius 2 is 2.17 bits per heavy atom. The molecule has 1 heterocycles. The summed E-state index contributed by atoms with van der Waals surface area (Å²) in [4.78, 5) is 0. The van der Waals surface area contributed by atoms with Gasteiger partial charge in [0, 0.05) is 11.1 Å². The molecule has 1 aromatic heterocycles. The molecule has 1 N–H and O–H groups in total. The Morgan fingerprint density at radius 1 is 1.39 bits per heavy atom. The summed E-state index contributed by atoms with van der Waals surface area (Å²) < 4.78 is 1.74. The Morgan fingerprint density at radius 3 is 2.83 bits per heavy atom. The van der Waals surface area contributed by atoms with Gasteiger partial charge in [0.25, 0.3) is 0 Å². The summed E-state index contributed by atoms with van der Waals surface area (Å²) >= 11 is 5.95. The number of aryl methyl sites for hydroxylation is 1. The number of hydrogen-bond acceptors (Lipinski definition) is 4. The van der Waals surface area contributed by atoms with Crippen LogP contribution < -0.4 is 5.32 Å². The minimum atomic E-state index is 0.390. The molecule has 0 spiro atoms. The first-order chi connectivity index (χ1) is 8.58. The zero-order valence-electron chi connectivity index (χ0n) is 10.7. The molecule has 96 valence electrons. The van der Waals surface area contributed by atoms with Gasteiger partial charge in [-0.2, -0.15) is 4.68 Å². The van der Waals surface area contributed by atoms with E-state index in [1.807, 2.05) is 25.1 Å². The standard InChI is InChI=1S/C12H16ClN5/c1-8(2)14-7-12-15-16-17-18(12)11-5-4-10(13)6-9(11)3/h4-6,8,14H,7H2,1-3H3. The number of tetrazole rings is 1. The Labute approximate surface area is 111 Å². The summed E-state index contributed by atoms with van der Waals surface area (Å²) in [6.45, 7) is 6.79. The van der Waals surface area contributed by atoms with Gasteiger partial charge >= 0.3 is 0 Å². The van der Waals surface area contributed by atoms with Gasteiger partial charge in [0.05, 0.1) is 12.2 Å². The molecule has 0 fully saturated rings. The third-order valence-corrected chi connectivity index (χ3v) is 2.82. The van der Waals surface area contributed by atoms with E-state index in [9.17, 15) is 0 Å². The van der Waals surface area contributed by atoms with Gasteiger partial charge in [-0.05, 0) is 41.1 Å². The quantitative estimate of drug-likeness (QED) is 0.920. The van der Waals surface area contributed by atoms with Crippen molar-refractivity contribution >= 4 is 11.6 Å². The first kappa shape index (κ1) is 13.0. The number of halogens is 1. The predicted molar refractivity (Wildman–Crippen MR) is 70.9 cm³/mol. The van der Waals surface area contributed by atoms with Gasteiger partial charge in [-0.3, -0.25) is 0 Å². The highest BCUT2D eigenvalue weighted by atomic mass is 35.5. The van der Waals surface area contributed by atoms with Gasteiger partial charge < -0.3 is 5.32 Å². The van der Waals surface area contributed by atoms with E-state index in [0.717, 1.165) is 17.1 Å². The van der Waals surface area contributed by atoms with Crippen LogP contribution in [0.15, 0.2) is 18.2 Å². The SMILES string of the molecule is Cc1cc(Cl)ccc1-n1nnnc1CNC(C)C. The van der Waals surface area contributed by atoms with Crippen LogP contribution in [0.25, 0.3) is 5.69 Å². The maximum absolute atomic E-state index is 5.95. The lowest BCUT2D eigenvalue weighted by Crippen LogP contribution is -2.24. The van der Waals surface area contributed by atoms with E-state index in [4.69, 9.17) is 11.6 Å². The highest BCUT2D eigenvalue weighted by Crippen LogP contribution is 2.18. The van der Waals surface area contributed by atoms with Crippen molar-refractivity contribution in [2.24, 2.45) is 0 Å². The van der Waals surface area contributed by atoms with Crippen LogP contribution in [0.4, 0.5) is 0 Å². The summed E-state index contributed by atoms with van der Waals surface area (Å²) in [5.41, 5.74) is 1.99. The monoisotopic (exact) mass is 265 g/mol. The van der Waals surface area contributed by atoms with Crippen molar-refractivity contribution in [1.29, 1.82) is 0 Å². The van der Waals surface area contributed by atoms with Crippen molar-refractivity contribution in [2.75, 3.05) is 0 Å². The molecule has 0 unspecified atom stereocenters. The molecular formula is C12H16ClN5. The Bertz CT molecular complexity index is 535. The van der Waals surface area contributed by atoms with Crippen LogP contribution in [-0.2, 0) is 6.54 Å². The maximum Gasteiger partial charge on any atom is 0.170 e. The number of hydrogen-bond donors (Lipinski definition) is 1. The second-order valence-electron chi connectivity index (χ2n) is 4.47. The van der Waals surface area contributed by atoms with Crippen molar-refractivity contribution in [2.45, 2.75) is 33.4 Å². The molecule has 0 saturated heterocycles. The van der Waals surface area contributed by atoms with E-state index in [1.165, 1.54) is 0 Å². The average Bonchev–Trinajstić information content (AvgIpc) is 2.74. The lowest BCUT2D eigenvalue weighted by Gasteiger charge is -2.10. The van der Waals surface area contributed by atoms with E-state index in [0.29, 0.717) is 17.6 Å². The van der Waals surface area contributed by atoms with Crippen molar-refractivity contribution in [3.63, 3.8) is 0 Å². The van der Waals surface area contributed by atoms with Crippen LogP contribution in [-0.4, -0.2) is 26.2 Å². The summed E-state index contributed by atoms with van der Waals surface area (Å²) in [5, 5.41) is 15.8. The van der Waals surface area contributed by atoms with Crippen LogP contribution in [0.1, 0.15) is 25.2 Å². The van der Waals surface area contributed by atoms with E-state index < -0.39 is 0 Å². The molecule has 0 amide bonds. The number of benzene rings is 1. The average molecular weight is 266 g/mol. The lowest BCUT2D eigenvalue weighted by atomic mass is 10.2. The van der Waals surface area contributed by atoms with E-state index in [2.05, 4.69) is 34.7 Å². The van der Waals surface area contributed by atoms with E-state index >= 15 is 0 Å². The van der Waals surface area contributed by atoms with E-state index in [1.54, 1.807) is 4.68 Å². The Hall–Kier alpha value is -1.46. The molecule has 0 radical (unpaired) electrons. The maximum atomic E-state index is 5.95. The van der Waals surface area contributed by atoms with Gasteiger partial charge in [-0.25, -0.2) is 0 Å². The zero-order valence-corrected chi connectivity index (χ0v) is 11.4. The molecule has 2 aromatic rings. The van der Waals surface area contributed by atoms with E-state index in [-0.39, 0.29) is 0 Å². The Balaban J connectivity index is 2.30. The second kappa shape index (κ2) is 5.46. The predicted octanol–water partition coefficient (Wildman–Crippen LogP) is 2.12. The third kappa shape index (κ3) is 2.86. The van der Waals surface area contributed by atoms with Crippen molar-refractivity contribution < 1.29 is 0 Å². The van der Waals surface area contributed by atoms with Crippen molar-refractivity contribution in [3.05, 3.63) is 34.6 Å². The van der Waals surface area contributed by atoms with Gasteiger partial charge in [0.15, 0.2) is 5.82 Å². The fraction of sp³-hybridized carbons (Fsp3) is 0.417.